The van der Waals surface area contributed by atoms with Gasteiger partial charge in [0.1, 0.15) is 0 Å². The number of hydrogen-bond acceptors (Lipinski definition) is 3. The highest BCUT2D eigenvalue weighted by Gasteiger charge is 2.09. The van der Waals surface area contributed by atoms with Gasteiger partial charge in [0.25, 0.3) is 5.91 Å². The standard InChI is InChI=1S/C23H19ClN4O/c1-16(19-9-8-18-4-2-3-5-20(18)14-19)25-26-23(29)22-12-13-28(27-22)15-17-6-10-21(24)11-7-17/h2-14H,15H2,1H3,(H,26,29)/b25-16+. The Bertz CT molecular complexity index is 1190. The van der Waals surface area contributed by atoms with Crippen molar-refractivity contribution in [2.24, 2.45) is 5.10 Å². The third kappa shape index (κ3) is 4.52. The molecule has 0 radical (unpaired) electrons. The molecule has 3 aromatic carbocycles. The van der Waals surface area contributed by atoms with Gasteiger partial charge in [-0.25, -0.2) is 5.43 Å². The molecule has 144 valence electrons. The van der Waals surface area contributed by atoms with Gasteiger partial charge in [-0.2, -0.15) is 10.2 Å². The SMILES string of the molecule is C/C(=N\NC(=O)c1ccn(Cc2ccc(Cl)cc2)n1)c1ccc2ccccc2c1. The summed E-state index contributed by atoms with van der Waals surface area (Å²) < 4.78 is 1.71. The van der Waals surface area contributed by atoms with Gasteiger partial charge in [-0.15, -0.1) is 0 Å². The van der Waals surface area contributed by atoms with Crippen LogP contribution in [0.5, 0.6) is 0 Å². The average Bonchev–Trinajstić information content (AvgIpc) is 3.21. The second-order valence-corrected chi connectivity index (χ2v) is 7.16. The van der Waals surface area contributed by atoms with Crippen LogP contribution in [-0.4, -0.2) is 21.4 Å². The molecule has 1 amide bonds. The molecule has 0 aliphatic heterocycles. The van der Waals surface area contributed by atoms with E-state index in [4.69, 9.17) is 11.6 Å². The molecule has 0 saturated carbocycles. The quantitative estimate of drug-likeness (QED) is 0.381. The normalized spacial score (nSPS) is 11.6. The maximum atomic E-state index is 12.4. The summed E-state index contributed by atoms with van der Waals surface area (Å²) in [5.74, 6) is -0.347. The zero-order chi connectivity index (χ0) is 20.2. The Kier molecular flexibility index (Phi) is 5.40. The largest absolute Gasteiger partial charge is 0.291 e. The molecule has 4 rings (SSSR count). The molecule has 0 spiro atoms. The van der Waals surface area contributed by atoms with Crippen LogP contribution in [0.25, 0.3) is 10.8 Å². The summed E-state index contributed by atoms with van der Waals surface area (Å²) in [4.78, 5) is 12.4. The van der Waals surface area contributed by atoms with E-state index in [0.29, 0.717) is 17.3 Å². The number of hydrazone groups is 1. The molecule has 5 nitrogen and oxygen atoms in total. The molecule has 6 heteroatoms. The number of nitrogens with one attached hydrogen (secondary N) is 1. The first-order valence-corrected chi connectivity index (χ1v) is 9.58. The first kappa shape index (κ1) is 18.9. The molecule has 0 atom stereocenters. The summed E-state index contributed by atoms with van der Waals surface area (Å²) in [5, 5.41) is 11.5. The number of amides is 1. The molecular weight excluding hydrogens is 384 g/mol. The van der Waals surface area contributed by atoms with Crippen LogP contribution in [0.4, 0.5) is 0 Å². The second kappa shape index (κ2) is 8.29. The number of hydrogen-bond donors (Lipinski definition) is 1. The minimum Gasteiger partial charge on any atom is -0.268 e. The molecule has 0 aliphatic rings. The number of benzene rings is 3. The van der Waals surface area contributed by atoms with Gasteiger partial charge in [0.2, 0.25) is 0 Å². The zero-order valence-electron chi connectivity index (χ0n) is 15.8. The molecule has 1 N–H and O–H groups in total. The third-order valence-corrected chi connectivity index (χ3v) is 4.88. The van der Waals surface area contributed by atoms with Gasteiger partial charge in [0.15, 0.2) is 5.69 Å². The predicted octanol–water partition coefficient (Wildman–Crippen LogP) is 4.89. The van der Waals surface area contributed by atoms with Crippen LogP contribution in [0, 0.1) is 0 Å². The smallest absolute Gasteiger partial charge is 0.268 e. The Morgan fingerprint density at radius 3 is 2.59 bits per heavy atom. The Morgan fingerprint density at radius 2 is 1.79 bits per heavy atom. The molecule has 1 heterocycles. The second-order valence-electron chi connectivity index (χ2n) is 6.73. The van der Waals surface area contributed by atoms with Crippen LogP contribution in [0.2, 0.25) is 5.02 Å². The van der Waals surface area contributed by atoms with Gasteiger partial charge in [-0.3, -0.25) is 9.48 Å². The van der Waals surface area contributed by atoms with E-state index in [-0.39, 0.29) is 5.91 Å². The number of fused-ring (bicyclic) bond motifs is 1. The summed E-state index contributed by atoms with van der Waals surface area (Å²) in [6.45, 7) is 2.42. The number of rotatable bonds is 5. The number of halogens is 1. The maximum absolute atomic E-state index is 12.4. The first-order chi connectivity index (χ1) is 14.1. The van der Waals surface area contributed by atoms with Crippen LogP contribution < -0.4 is 5.43 Å². The first-order valence-electron chi connectivity index (χ1n) is 9.20. The zero-order valence-corrected chi connectivity index (χ0v) is 16.6. The van der Waals surface area contributed by atoms with Crippen molar-refractivity contribution in [1.29, 1.82) is 0 Å². The van der Waals surface area contributed by atoms with Crippen molar-refractivity contribution in [3.8, 4) is 0 Å². The predicted molar refractivity (Wildman–Crippen MR) is 116 cm³/mol. The molecule has 0 aliphatic carbocycles. The molecule has 0 bridgehead atoms. The molecule has 0 unspecified atom stereocenters. The summed E-state index contributed by atoms with van der Waals surface area (Å²) in [7, 11) is 0. The fraction of sp³-hybridized carbons (Fsp3) is 0.0870. The van der Waals surface area contributed by atoms with Gasteiger partial charge in [-0.1, -0.05) is 60.1 Å². The molecule has 0 saturated heterocycles. The van der Waals surface area contributed by atoms with E-state index in [1.54, 1.807) is 16.9 Å². The molecular formula is C23H19ClN4O. The lowest BCUT2D eigenvalue weighted by molar-refractivity contribution is 0.0949. The summed E-state index contributed by atoms with van der Waals surface area (Å²) in [5.41, 5.74) is 5.63. The number of carbonyl (C=O) groups excluding carboxylic acids is 1. The van der Waals surface area contributed by atoms with Gasteiger partial charge >= 0.3 is 0 Å². The molecule has 0 fully saturated rings. The highest BCUT2D eigenvalue weighted by Crippen LogP contribution is 2.16. The van der Waals surface area contributed by atoms with Crippen molar-refractivity contribution in [3.63, 3.8) is 0 Å². The Morgan fingerprint density at radius 1 is 1.03 bits per heavy atom. The van der Waals surface area contributed by atoms with E-state index in [0.717, 1.165) is 22.2 Å². The van der Waals surface area contributed by atoms with E-state index in [1.165, 1.54) is 5.39 Å². The van der Waals surface area contributed by atoms with Crippen LogP contribution in [0.1, 0.15) is 28.5 Å². The number of nitrogens with zero attached hydrogens (tertiary/aromatic N) is 3. The fourth-order valence-corrected chi connectivity index (χ4v) is 3.14. The van der Waals surface area contributed by atoms with E-state index in [2.05, 4.69) is 33.8 Å². The minimum absolute atomic E-state index is 0.314. The number of aromatic nitrogens is 2. The Hall–Kier alpha value is -3.44. The van der Waals surface area contributed by atoms with Gasteiger partial charge in [0.05, 0.1) is 12.3 Å². The molecule has 29 heavy (non-hydrogen) atoms. The van der Waals surface area contributed by atoms with Crippen molar-refractivity contribution in [2.45, 2.75) is 13.5 Å². The van der Waals surface area contributed by atoms with Crippen molar-refractivity contribution >= 4 is 34.0 Å². The lowest BCUT2D eigenvalue weighted by Crippen LogP contribution is -2.20. The van der Waals surface area contributed by atoms with Gasteiger partial charge in [0, 0.05) is 11.2 Å². The Balaban J connectivity index is 1.43. The van der Waals surface area contributed by atoms with Crippen LogP contribution in [0.3, 0.4) is 0 Å². The minimum atomic E-state index is -0.347. The lowest BCUT2D eigenvalue weighted by atomic mass is 10.0. The highest BCUT2D eigenvalue weighted by molar-refractivity contribution is 6.30. The topological polar surface area (TPSA) is 59.3 Å². The monoisotopic (exact) mass is 402 g/mol. The Labute approximate surface area is 173 Å². The van der Waals surface area contributed by atoms with E-state index in [9.17, 15) is 4.79 Å². The van der Waals surface area contributed by atoms with Crippen molar-refractivity contribution in [1.82, 2.24) is 15.2 Å². The van der Waals surface area contributed by atoms with Crippen LogP contribution in [-0.2, 0) is 6.54 Å². The van der Waals surface area contributed by atoms with Crippen LogP contribution >= 0.6 is 11.6 Å². The molecule has 4 aromatic rings. The lowest BCUT2D eigenvalue weighted by Gasteiger charge is -2.04. The van der Waals surface area contributed by atoms with Crippen molar-refractivity contribution < 1.29 is 4.79 Å². The van der Waals surface area contributed by atoms with Crippen molar-refractivity contribution in [3.05, 3.63) is 101 Å². The number of carbonyl (C=O) groups is 1. The van der Waals surface area contributed by atoms with E-state index >= 15 is 0 Å². The van der Waals surface area contributed by atoms with Gasteiger partial charge < -0.3 is 0 Å². The van der Waals surface area contributed by atoms with Crippen LogP contribution in [0.15, 0.2) is 84.1 Å². The van der Waals surface area contributed by atoms with E-state index in [1.807, 2.05) is 55.5 Å². The van der Waals surface area contributed by atoms with E-state index < -0.39 is 0 Å². The molecule has 1 aromatic heterocycles. The third-order valence-electron chi connectivity index (χ3n) is 4.62. The van der Waals surface area contributed by atoms with Gasteiger partial charge in [-0.05, 0) is 53.1 Å². The fourth-order valence-electron chi connectivity index (χ4n) is 3.02. The highest BCUT2D eigenvalue weighted by atomic mass is 35.5. The summed E-state index contributed by atoms with van der Waals surface area (Å²) >= 11 is 5.91. The average molecular weight is 403 g/mol. The summed E-state index contributed by atoms with van der Waals surface area (Å²) in [6.07, 6.45) is 1.77. The maximum Gasteiger partial charge on any atom is 0.291 e. The van der Waals surface area contributed by atoms with Crippen molar-refractivity contribution in [2.75, 3.05) is 0 Å². The summed E-state index contributed by atoms with van der Waals surface area (Å²) in [6, 6.07) is 23.4.